The number of ether oxygens (including phenoxy) is 1. The summed E-state index contributed by atoms with van der Waals surface area (Å²) >= 11 is 3.42. The van der Waals surface area contributed by atoms with Crippen LogP contribution in [0.5, 0.6) is 5.75 Å². The lowest BCUT2D eigenvalue weighted by atomic mass is 10.1. The van der Waals surface area contributed by atoms with Gasteiger partial charge < -0.3 is 9.30 Å². The number of aromatic nitrogens is 3. The van der Waals surface area contributed by atoms with E-state index < -0.39 is 4.92 Å². The molecule has 2 aromatic heterocycles. The molecule has 0 aliphatic heterocycles. The van der Waals surface area contributed by atoms with Gasteiger partial charge in [0.15, 0.2) is 0 Å². The Hall–Kier alpha value is -3.79. The third-order valence-electron chi connectivity index (χ3n) is 6.29. The molecule has 0 aliphatic rings. The molecule has 0 saturated heterocycles. The minimum absolute atomic E-state index is 0.0114. The van der Waals surface area contributed by atoms with Crippen LogP contribution in [0, 0.1) is 24.0 Å². The number of rotatable bonds is 7. The Morgan fingerprint density at radius 2 is 1.97 bits per heavy atom. The van der Waals surface area contributed by atoms with Gasteiger partial charge in [0.05, 0.1) is 35.2 Å². The second-order valence-corrected chi connectivity index (χ2v) is 9.49. The number of halogens is 1. The summed E-state index contributed by atoms with van der Waals surface area (Å²) in [6, 6.07) is 12.0. The van der Waals surface area contributed by atoms with E-state index in [0.717, 1.165) is 27.8 Å². The summed E-state index contributed by atoms with van der Waals surface area (Å²) in [6.45, 7) is 7.76. The van der Waals surface area contributed by atoms with Crippen LogP contribution in [0.25, 0.3) is 16.6 Å². The lowest BCUT2D eigenvalue weighted by Gasteiger charge is -2.14. The smallest absolute Gasteiger partial charge is 0.296 e. The van der Waals surface area contributed by atoms with Crippen LogP contribution < -0.4 is 10.3 Å². The van der Waals surface area contributed by atoms with Gasteiger partial charge in [-0.15, -0.1) is 0 Å². The number of hydrogen-bond donors (Lipinski definition) is 0. The van der Waals surface area contributed by atoms with Crippen LogP contribution in [-0.4, -0.2) is 32.5 Å². The molecular formula is C26H26BrN5O4. The predicted octanol–water partition coefficient (Wildman–Crippen LogP) is 5.88. The van der Waals surface area contributed by atoms with Crippen molar-refractivity contribution < 1.29 is 9.66 Å². The highest BCUT2D eigenvalue weighted by atomic mass is 79.9. The molecular weight excluding hydrogens is 526 g/mol. The lowest BCUT2D eigenvalue weighted by Crippen LogP contribution is -2.23. The van der Waals surface area contributed by atoms with Gasteiger partial charge in [0, 0.05) is 27.3 Å². The molecule has 0 unspecified atom stereocenters. The fourth-order valence-electron chi connectivity index (χ4n) is 4.15. The molecule has 9 nitrogen and oxygen atoms in total. The van der Waals surface area contributed by atoms with Gasteiger partial charge in [-0.1, -0.05) is 29.8 Å². The molecule has 0 saturated carbocycles. The minimum atomic E-state index is -0.429. The van der Waals surface area contributed by atoms with Gasteiger partial charge >= 0.3 is 0 Å². The van der Waals surface area contributed by atoms with E-state index >= 15 is 0 Å². The molecule has 4 aromatic rings. The maximum atomic E-state index is 13.4. The number of nitro benzene ring substituents is 1. The van der Waals surface area contributed by atoms with Crippen molar-refractivity contribution in [1.82, 2.24) is 14.2 Å². The van der Waals surface area contributed by atoms with Crippen molar-refractivity contribution in [2.45, 2.75) is 40.0 Å². The fourth-order valence-corrected chi connectivity index (χ4v) is 4.51. The van der Waals surface area contributed by atoms with Gasteiger partial charge in [-0.3, -0.25) is 14.9 Å². The first-order valence-electron chi connectivity index (χ1n) is 11.4. The molecule has 2 aromatic carbocycles. The average Bonchev–Trinajstić information content (AvgIpc) is 3.15. The van der Waals surface area contributed by atoms with Gasteiger partial charge in [-0.05, 0) is 56.7 Å². The van der Waals surface area contributed by atoms with E-state index in [-0.39, 0.29) is 17.2 Å². The quantitative estimate of drug-likeness (QED) is 0.162. The van der Waals surface area contributed by atoms with Crippen molar-refractivity contribution in [2.24, 2.45) is 5.10 Å². The molecule has 0 radical (unpaired) electrons. The van der Waals surface area contributed by atoms with Gasteiger partial charge in [-0.25, -0.2) is 4.98 Å². The zero-order chi connectivity index (χ0) is 26.1. The highest BCUT2D eigenvalue weighted by Gasteiger charge is 2.21. The van der Waals surface area contributed by atoms with Gasteiger partial charge in [0.2, 0.25) is 0 Å². The number of hydrogen-bond acceptors (Lipinski definition) is 6. The van der Waals surface area contributed by atoms with Crippen molar-refractivity contribution in [1.29, 1.82) is 0 Å². The summed E-state index contributed by atoms with van der Waals surface area (Å²) in [5.74, 6) is 0.993. The predicted molar refractivity (Wildman–Crippen MR) is 144 cm³/mol. The lowest BCUT2D eigenvalue weighted by molar-refractivity contribution is -0.384. The zero-order valence-electron chi connectivity index (χ0n) is 20.7. The summed E-state index contributed by atoms with van der Waals surface area (Å²) in [5.41, 5.74) is 2.98. The number of nitrogens with zero attached hydrogens (tertiary/aromatic N) is 5. The molecule has 4 rings (SSSR count). The molecule has 0 amide bonds. The van der Waals surface area contributed by atoms with E-state index in [1.54, 1.807) is 29.0 Å². The van der Waals surface area contributed by atoms with Crippen molar-refractivity contribution in [2.75, 3.05) is 7.11 Å². The Morgan fingerprint density at radius 1 is 1.22 bits per heavy atom. The van der Waals surface area contributed by atoms with Crippen molar-refractivity contribution in [3.63, 3.8) is 0 Å². The monoisotopic (exact) mass is 551 g/mol. The maximum absolute atomic E-state index is 13.4. The highest BCUT2D eigenvalue weighted by Crippen LogP contribution is 2.31. The Bertz CT molecular complexity index is 1570. The maximum Gasteiger partial charge on any atom is 0.296 e. The number of nitro groups is 1. The Labute approximate surface area is 216 Å². The van der Waals surface area contributed by atoms with E-state index in [0.29, 0.717) is 28.2 Å². The molecule has 0 N–H and O–H groups in total. The third-order valence-corrected chi connectivity index (χ3v) is 6.78. The minimum Gasteiger partial charge on any atom is -0.496 e. The number of methoxy groups -OCH3 is 1. The van der Waals surface area contributed by atoms with E-state index in [4.69, 9.17) is 9.72 Å². The van der Waals surface area contributed by atoms with Crippen molar-refractivity contribution in [3.8, 4) is 11.4 Å². The Kier molecular flexibility index (Phi) is 7.07. The summed E-state index contributed by atoms with van der Waals surface area (Å²) in [4.78, 5) is 29.5. The summed E-state index contributed by atoms with van der Waals surface area (Å²) in [5, 5.41) is 16.8. The molecule has 186 valence electrons. The third kappa shape index (κ3) is 4.56. The molecule has 0 fully saturated rings. The van der Waals surface area contributed by atoms with Crippen molar-refractivity contribution >= 4 is 38.7 Å². The fraction of sp³-hybridized carbons (Fsp3) is 0.269. The van der Waals surface area contributed by atoms with Crippen LogP contribution in [0.3, 0.4) is 0 Å². The van der Waals surface area contributed by atoms with E-state index in [9.17, 15) is 14.9 Å². The van der Waals surface area contributed by atoms with Crippen LogP contribution in [0.1, 0.15) is 49.0 Å². The molecule has 10 heteroatoms. The van der Waals surface area contributed by atoms with Gasteiger partial charge in [0.1, 0.15) is 17.3 Å². The Balaban J connectivity index is 1.86. The van der Waals surface area contributed by atoms with Crippen molar-refractivity contribution in [3.05, 3.63) is 90.2 Å². The zero-order valence-corrected chi connectivity index (χ0v) is 22.2. The molecule has 0 bridgehead atoms. The molecule has 1 atom stereocenters. The van der Waals surface area contributed by atoms with E-state index in [1.807, 2.05) is 45.9 Å². The average molecular weight is 552 g/mol. The van der Waals surface area contributed by atoms with Crippen LogP contribution in [0.4, 0.5) is 5.69 Å². The van der Waals surface area contributed by atoms with E-state index in [2.05, 4.69) is 21.0 Å². The number of aryl methyl sites for hydroxylation is 1. The largest absolute Gasteiger partial charge is 0.496 e. The summed E-state index contributed by atoms with van der Waals surface area (Å²) in [7, 11) is 1.47. The highest BCUT2D eigenvalue weighted by molar-refractivity contribution is 9.10. The summed E-state index contributed by atoms with van der Waals surface area (Å²) < 4.78 is 9.10. The van der Waals surface area contributed by atoms with Gasteiger partial charge in [0.25, 0.3) is 11.2 Å². The first-order valence-corrected chi connectivity index (χ1v) is 12.2. The molecule has 0 spiro atoms. The van der Waals surface area contributed by atoms with Crippen LogP contribution in [0.2, 0.25) is 0 Å². The van der Waals surface area contributed by atoms with Crippen LogP contribution >= 0.6 is 15.9 Å². The normalized spacial score (nSPS) is 12.4. The second kappa shape index (κ2) is 10.1. The van der Waals surface area contributed by atoms with Crippen LogP contribution in [-0.2, 0) is 0 Å². The first kappa shape index (κ1) is 25.3. The number of fused-ring (bicyclic) bond motifs is 1. The van der Waals surface area contributed by atoms with Crippen LogP contribution in [0.15, 0.2) is 56.8 Å². The molecule has 2 heterocycles. The SMILES string of the molecule is CC[C@@H](C)c1nc2ccc(Br)cc2c(=O)n1N=Cc1cc(C)n(-c2ccc(OC)cc2[N+](=O)[O-])c1C. The Morgan fingerprint density at radius 3 is 2.64 bits per heavy atom. The molecule has 0 aliphatic carbocycles. The standard InChI is InChI=1S/C26H26BrN5O4/c1-6-15(2)25-29-22-9-7-19(27)12-21(22)26(33)31(25)28-14-18-11-16(3)30(17(18)4)23-10-8-20(36-5)13-24(23)32(34)35/h7-15H,6H2,1-5H3/t15-/m1/s1. The van der Waals surface area contributed by atoms with E-state index in [1.165, 1.54) is 17.9 Å². The van der Waals surface area contributed by atoms with Gasteiger partial charge in [-0.2, -0.15) is 9.78 Å². The summed E-state index contributed by atoms with van der Waals surface area (Å²) in [6.07, 6.45) is 2.40. The first-order chi connectivity index (χ1) is 17.2. The topological polar surface area (TPSA) is 105 Å². The molecule has 36 heavy (non-hydrogen) atoms. The number of benzene rings is 2. The second-order valence-electron chi connectivity index (χ2n) is 8.58.